The van der Waals surface area contributed by atoms with E-state index in [4.69, 9.17) is 0 Å². The minimum absolute atomic E-state index is 0. The summed E-state index contributed by atoms with van der Waals surface area (Å²) in [5.74, 6) is 7.31. The Morgan fingerprint density at radius 1 is 1.14 bits per heavy atom. The Kier molecular flexibility index (Phi) is 7.40. The fourth-order valence-corrected chi connectivity index (χ4v) is 1.40. The normalized spacial score (nSPS) is 21.1. The Labute approximate surface area is 98.6 Å². The van der Waals surface area contributed by atoms with Gasteiger partial charge in [-0.3, -0.25) is 4.90 Å². The minimum Gasteiger partial charge on any atom is -0.314 e. The second kappa shape index (κ2) is 7.36. The first-order valence-corrected chi connectivity index (χ1v) is 4.86. The van der Waals surface area contributed by atoms with E-state index in [1.807, 2.05) is 0 Å². The van der Waals surface area contributed by atoms with Gasteiger partial charge in [0.2, 0.25) is 0 Å². The Balaban J connectivity index is 0.000000845. The van der Waals surface area contributed by atoms with E-state index in [0.717, 1.165) is 25.6 Å². The van der Waals surface area contributed by atoms with Gasteiger partial charge in [-0.05, 0) is 12.8 Å². The highest BCUT2D eigenvalue weighted by atomic mass is 35.5. The maximum atomic E-state index is 3.34. The molecule has 1 saturated heterocycles. The molecule has 0 aromatic carbocycles. The van der Waals surface area contributed by atoms with E-state index in [0.29, 0.717) is 0 Å². The fourth-order valence-electron chi connectivity index (χ4n) is 1.40. The Bertz CT molecular complexity index is 200. The van der Waals surface area contributed by atoms with E-state index in [2.05, 4.69) is 22.1 Å². The number of halogens is 2. The third-order valence-corrected chi connectivity index (χ3v) is 2.40. The van der Waals surface area contributed by atoms with Crippen LogP contribution in [-0.4, -0.2) is 37.6 Å². The lowest BCUT2D eigenvalue weighted by atomic mass is 10.3. The highest BCUT2D eigenvalue weighted by Crippen LogP contribution is 2.27. The van der Waals surface area contributed by atoms with Crippen molar-refractivity contribution in [1.82, 2.24) is 10.2 Å². The largest absolute Gasteiger partial charge is 0.314 e. The molecule has 1 N–H and O–H groups in total. The first-order chi connectivity index (χ1) is 5.95. The average molecular weight is 237 g/mol. The molecule has 0 atom stereocenters. The zero-order valence-electron chi connectivity index (χ0n) is 8.29. The third kappa shape index (κ3) is 5.07. The van der Waals surface area contributed by atoms with E-state index in [9.17, 15) is 0 Å². The van der Waals surface area contributed by atoms with Crippen molar-refractivity contribution in [3.8, 4) is 11.8 Å². The average Bonchev–Trinajstić information content (AvgIpc) is 2.90. The number of hydrogen-bond donors (Lipinski definition) is 1. The quantitative estimate of drug-likeness (QED) is 0.688. The van der Waals surface area contributed by atoms with Crippen LogP contribution >= 0.6 is 24.8 Å². The van der Waals surface area contributed by atoms with E-state index >= 15 is 0 Å². The van der Waals surface area contributed by atoms with Crippen molar-refractivity contribution in [1.29, 1.82) is 0 Å². The van der Waals surface area contributed by atoms with Gasteiger partial charge in [-0.25, -0.2) is 0 Å². The first-order valence-electron chi connectivity index (χ1n) is 4.86. The molecule has 1 saturated carbocycles. The summed E-state index contributed by atoms with van der Waals surface area (Å²) < 4.78 is 0. The van der Waals surface area contributed by atoms with Crippen molar-refractivity contribution in [3.63, 3.8) is 0 Å². The van der Waals surface area contributed by atoms with Gasteiger partial charge in [0, 0.05) is 32.1 Å². The van der Waals surface area contributed by atoms with Crippen molar-refractivity contribution in [2.45, 2.75) is 12.8 Å². The summed E-state index contributed by atoms with van der Waals surface area (Å²) >= 11 is 0. The number of nitrogens with one attached hydrogen (secondary N) is 1. The van der Waals surface area contributed by atoms with Crippen LogP contribution in [0.5, 0.6) is 0 Å². The number of piperazine rings is 1. The van der Waals surface area contributed by atoms with Crippen molar-refractivity contribution in [3.05, 3.63) is 0 Å². The summed E-state index contributed by atoms with van der Waals surface area (Å²) in [5.41, 5.74) is 0. The molecule has 0 aromatic rings. The second-order valence-corrected chi connectivity index (χ2v) is 3.62. The molecule has 2 rings (SSSR count). The van der Waals surface area contributed by atoms with Crippen LogP contribution in [0.4, 0.5) is 0 Å². The smallest absolute Gasteiger partial charge is 0.0602 e. The molecule has 1 aliphatic heterocycles. The molecule has 82 valence electrons. The summed E-state index contributed by atoms with van der Waals surface area (Å²) in [6, 6.07) is 0. The van der Waals surface area contributed by atoms with Gasteiger partial charge >= 0.3 is 0 Å². The third-order valence-electron chi connectivity index (χ3n) is 2.40. The zero-order valence-corrected chi connectivity index (χ0v) is 9.92. The van der Waals surface area contributed by atoms with Crippen LogP contribution in [0.2, 0.25) is 0 Å². The second-order valence-electron chi connectivity index (χ2n) is 3.62. The van der Waals surface area contributed by atoms with Crippen LogP contribution in [0.1, 0.15) is 12.8 Å². The lowest BCUT2D eigenvalue weighted by Gasteiger charge is -2.24. The van der Waals surface area contributed by atoms with Crippen LogP contribution in [0, 0.1) is 17.8 Å². The van der Waals surface area contributed by atoms with Gasteiger partial charge < -0.3 is 5.32 Å². The molecule has 0 spiro atoms. The SMILES string of the molecule is C(#CC1CC1)CN1CCNCC1.Cl.Cl. The molecule has 4 heteroatoms. The Morgan fingerprint density at radius 3 is 2.36 bits per heavy atom. The van der Waals surface area contributed by atoms with Crippen molar-refractivity contribution in [2.75, 3.05) is 32.7 Å². The molecular weight excluding hydrogens is 219 g/mol. The molecule has 1 aliphatic carbocycles. The van der Waals surface area contributed by atoms with Gasteiger partial charge in [-0.15, -0.1) is 24.8 Å². The van der Waals surface area contributed by atoms with Crippen LogP contribution < -0.4 is 5.32 Å². The van der Waals surface area contributed by atoms with E-state index in [1.165, 1.54) is 25.9 Å². The van der Waals surface area contributed by atoms with Gasteiger partial charge in [-0.1, -0.05) is 11.8 Å². The van der Waals surface area contributed by atoms with Crippen LogP contribution in [0.25, 0.3) is 0 Å². The number of nitrogens with zero attached hydrogens (tertiary/aromatic N) is 1. The van der Waals surface area contributed by atoms with Crippen molar-refractivity contribution in [2.24, 2.45) is 5.92 Å². The topological polar surface area (TPSA) is 15.3 Å². The Hall–Kier alpha value is 0.0600. The fraction of sp³-hybridized carbons (Fsp3) is 0.800. The van der Waals surface area contributed by atoms with Gasteiger partial charge in [0.15, 0.2) is 0 Å². The number of hydrogen-bond acceptors (Lipinski definition) is 2. The summed E-state index contributed by atoms with van der Waals surface area (Å²) in [6.45, 7) is 5.58. The highest BCUT2D eigenvalue weighted by molar-refractivity contribution is 5.85. The molecule has 2 fully saturated rings. The highest BCUT2D eigenvalue weighted by Gasteiger charge is 2.17. The molecular formula is C10H18Cl2N2. The van der Waals surface area contributed by atoms with E-state index < -0.39 is 0 Å². The lowest BCUT2D eigenvalue weighted by molar-refractivity contribution is 0.268. The molecule has 0 radical (unpaired) electrons. The molecule has 2 aliphatic rings. The van der Waals surface area contributed by atoms with Crippen LogP contribution in [-0.2, 0) is 0 Å². The molecule has 14 heavy (non-hydrogen) atoms. The number of rotatable bonds is 1. The minimum atomic E-state index is 0. The van der Waals surface area contributed by atoms with Gasteiger partial charge in [0.1, 0.15) is 0 Å². The molecule has 0 aromatic heterocycles. The molecule has 0 amide bonds. The summed E-state index contributed by atoms with van der Waals surface area (Å²) in [5, 5.41) is 3.34. The molecule has 1 heterocycles. The summed E-state index contributed by atoms with van der Waals surface area (Å²) in [4.78, 5) is 2.42. The van der Waals surface area contributed by atoms with Crippen molar-refractivity contribution >= 4 is 24.8 Å². The predicted octanol–water partition coefficient (Wildman–Crippen LogP) is 1.15. The molecule has 0 unspecified atom stereocenters. The molecule has 0 bridgehead atoms. The summed E-state index contributed by atoms with van der Waals surface area (Å²) in [7, 11) is 0. The monoisotopic (exact) mass is 236 g/mol. The summed E-state index contributed by atoms with van der Waals surface area (Å²) in [6.07, 6.45) is 2.68. The maximum absolute atomic E-state index is 3.34. The zero-order chi connectivity index (χ0) is 8.23. The lowest BCUT2D eigenvalue weighted by Crippen LogP contribution is -2.43. The predicted molar refractivity (Wildman–Crippen MR) is 64.3 cm³/mol. The van der Waals surface area contributed by atoms with Crippen LogP contribution in [0.15, 0.2) is 0 Å². The van der Waals surface area contributed by atoms with Crippen LogP contribution in [0.3, 0.4) is 0 Å². The van der Waals surface area contributed by atoms with E-state index in [1.54, 1.807) is 0 Å². The molecule has 2 nitrogen and oxygen atoms in total. The van der Waals surface area contributed by atoms with Crippen molar-refractivity contribution < 1.29 is 0 Å². The Morgan fingerprint density at radius 2 is 1.79 bits per heavy atom. The van der Waals surface area contributed by atoms with Gasteiger partial charge in [0.25, 0.3) is 0 Å². The van der Waals surface area contributed by atoms with Gasteiger partial charge in [0.05, 0.1) is 6.54 Å². The van der Waals surface area contributed by atoms with Gasteiger partial charge in [-0.2, -0.15) is 0 Å². The van der Waals surface area contributed by atoms with E-state index in [-0.39, 0.29) is 24.8 Å². The first kappa shape index (κ1) is 14.1. The maximum Gasteiger partial charge on any atom is 0.0602 e. The standard InChI is InChI=1S/C10H16N2.2ClH/c1(2-10-3-4-10)7-12-8-5-11-6-9-12;;/h10-11H,3-9H2;2*1H.